The fraction of sp³-hybridized carbons (Fsp3) is 0.259. The van der Waals surface area contributed by atoms with Crippen molar-refractivity contribution in [3.05, 3.63) is 92.4 Å². The number of benzene rings is 2. The van der Waals surface area contributed by atoms with Crippen LogP contribution in [0, 0.1) is 18.3 Å². The molecular weight excluding hydrogens is 473 g/mol. The molecule has 0 unspecified atom stereocenters. The third kappa shape index (κ3) is 4.23. The molecule has 3 heterocycles. The summed E-state index contributed by atoms with van der Waals surface area (Å²) in [4.78, 5) is 29.2. The van der Waals surface area contributed by atoms with Gasteiger partial charge in [-0.25, -0.2) is 13.9 Å². The van der Waals surface area contributed by atoms with Gasteiger partial charge in [0.1, 0.15) is 12.4 Å². The van der Waals surface area contributed by atoms with Gasteiger partial charge in [0.15, 0.2) is 0 Å². The number of alkyl halides is 1. The molecule has 2 aromatic carbocycles. The van der Waals surface area contributed by atoms with Crippen molar-refractivity contribution in [2.45, 2.75) is 13.6 Å². The van der Waals surface area contributed by atoms with E-state index in [4.69, 9.17) is 0 Å². The highest BCUT2D eigenvalue weighted by molar-refractivity contribution is 5.78. The number of aromatic nitrogens is 4. The number of anilines is 1. The molecule has 1 fully saturated rings. The molecule has 10 heteroatoms. The van der Waals surface area contributed by atoms with Crippen LogP contribution >= 0.6 is 0 Å². The van der Waals surface area contributed by atoms with Gasteiger partial charge in [-0.15, -0.1) is 0 Å². The SMILES string of the molecule is Cc1c(-c2c(N3CCNCC3)cnn2-c2ccc(C#N)cc2)c(=O)n(C)c(=O)n1-c1cccc(CF)c1. The first kappa shape index (κ1) is 24.2. The molecule has 1 saturated heterocycles. The van der Waals surface area contributed by atoms with E-state index >= 15 is 0 Å². The minimum absolute atomic E-state index is 0.322. The van der Waals surface area contributed by atoms with Gasteiger partial charge in [-0.3, -0.25) is 13.9 Å². The first-order valence-corrected chi connectivity index (χ1v) is 12.0. The van der Waals surface area contributed by atoms with Gasteiger partial charge in [0.25, 0.3) is 5.56 Å². The fourth-order valence-electron chi connectivity index (χ4n) is 4.75. The summed E-state index contributed by atoms with van der Waals surface area (Å²) in [6.07, 6.45) is 1.73. The number of piperazine rings is 1. The topological polar surface area (TPSA) is 101 Å². The Morgan fingerprint density at radius 1 is 1.08 bits per heavy atom. The Labute approximate surface area is 212 Å². The van der Waals surface area contributed by atoms with Crippen LogP contribution in [0.15, 0.2) is 64.3 Å². The lowest BCUT2D eigenvalue weighted by atomic mass is 10.1. The molecule has 0 bridgehead atoms. The first-order valence-electron chi connectivity index (χ1n) is 12.0. The molecule has 188 valence electrons. The summed E-state index contributed by atoms with van der Waals surface area (Å²) < 4.78 is 17.6. The zero-order chi connectivity index (χ0) is 26.1. The van der Waals surface area contributed by atoms with Crippen LogP contribution in [0.2, 0.25) is 0 Å². The van der Waals surface area contributed by atoms with Crippen LogP contribution in [0.1, 0.15) is 16.8 Å². The van der Waals surface area contributed by atoms with E-state index in [1.165, 1.54) is 11.6 Å². The molecule has 1 aliphatic heterocycles. The van der Waals surface area contributed by atoms with Gasteiger partial charge in [-0.05, 0) is 48.9 Å². The maximum atomic E-state index is 13.7. The van der Waals surface area contributed by atoms with E-state index in [0.29, 0.717) is 39.5 Å². The molecule has 0 radical (unpaired) electrons. The summed E-state index contributed by atoms with van der Waals surface area (Å²) in [7, 11) is 1.44. The molecule has 1 aliphatic rings. The number of halogens is 1. The average Bonchev–Trinajstić information content (AvgIpc) is 3.37. The van der Waals surface area contributed by atoms with Crippen LogP contribution in [-0.2, 0) is 13.7 Å². The van der Waals surface area contributed by atoms with E-state index in [1.54, 1.807) is 66.3 Å². The van der Waals surface area contributed by atoms with Crippen molar-refractivity contribution >= 4 is 5.69 Å². The predicted molar refractivity (Wildman–Crippen MR) is 139 cm³/mol. The van der Waals surface area contributed by atoms with Gasteiger partial charge in [0.05, 0.1) is 40.5 Å². The van der Waals surface area contributed by atoms with Crippen LogP contribution in [0.4, 0.5) is 10.1 Å². The monoisotopic (exact) mass is 499 g/mol. The number of nitrogens with one attached hydrogen (secondary N) is 1. The molecule has 0 aliphatic carbocycles. The molecular formula is C27H26FN7O2. The lowest BCUT2D eigenvalue weighted by molar-refractivity contribution is 0.485. The van der Waals surface area contributed by atoms with Crippen LogP contribution in [0.5, 0.6) is 0 Å². The predicted octanol–water partition coefficient (Wildman–Crippen LogP) is 2.45. The maximum Gasteiger partial charge on any atom is 0.335 e. The van der Waals surface area contributed by atoms with Crippen molar-refractivity contribution in [1.82, 2.24) is 24.2 Å². The highest BCUT2D eigenvalue weighted by Gasteiger charge is 2.27. The number of hydrogen-bond donors (Lipinski definition) is 1. The Bertz CT molecular complexity index is 1620. The van der Waals surface area contributed by atoms with Crippen molar-refractivity contribution in [3.8, 4) is 28.7 Å². The van der Waals surface area contributed by atoms with Gasteiger partial charge in [0.2, 0.25) is 0 Å². The summed E-state index contributed by atoms with van der Waals surface area (Å²) in [6.45, 7) is 4.08. The van der Waals surface area contributed by atoms with E-state index in [1.807, 2.05) is 0 Å². The van der Waals surface area contributed by atoms with Crippen LogP contribution < -0.4 is 21.5 Å². The average molecular weight is 500 g/mol. The Hall–Kier alpha value is -4.49. The van der Waals surface area contributed by atoms with Crippen molar-refractivity contribution in [3.63, 3.8) is 0 Å². The molecule has 0 saturated carbocycles. The van der Waals surface area contributed by atoms with Gasteiger partial charge in [0, 0.05) is 38.9 Å². The molecule has 9 nitrogen and oxygen atoms in total. The van der Waals surface area contributed by atoms with Gasteiger partial charge in [-0.1, -0.05) is 12.1 Å². The number of nitriles is 1. The lowest BCUT2D eigenvalue weighted by Crippen LogP contribution is -2.44. The smallest absolute Gasteiger partial charge is 0.335 e. The summed E-state index contributed by atoms with van der Waals surface area (Å²) >= 11 is 0. The summed E-state index contributed by atoms with van der Waals surface area (Å²) in [5.74, 6) is 0. The second kappa shape index (κ2) is 9.87. The first-order chi connectivity index (χ1) is 17.9. The van der Waals surface area contributed by atoms with Crippen LogP contribution in [-0.4, -0.2) is 45.1 Å². The Morgan fingerprint density at radius 2 is 1.81 bits per heavy atom. The third-order valence-electron chi connectivity index (χ3n) is 6.70. The zero-order valence-corrected chi connectivity index (χ0v) is 20.6. The molecule has 37 heavy (non-hydrogen) atoms. The zero-order valence-electron chi connectivity index (χ0n) is 20.6. The largest absolute Gasteiger partial charge is 0.366 e. The number of hydrogen-bond acceptors (Lipinski definition) is 6. The quantitative estimate of drug-likeness (QED) is 0.453. The standard InChI is InChI=1S/C27H26FN7O2/c1-18-24(26(36)32(2)27(37)34(18)22-5-3-4-20(14-22)15-28)25-23(33-12-10-30-11-13-33)17-31-35(25)21-8-6-19(16-29)7-9-21/h3-9,14,17,30H,10-13,15H2,1-2H3. The van der Waals surface area contributed by atoms with Crippen molar-refractivity contribution < 1.29 is 4.39 Å². The molecule has 0 amide bonds. The Kier molecular flexibility index (Phi) is 6.46. The molecule has 1 N–H and O–H groups in total. The second-order valence-electron chi connectivity index (χ2n) is 8.93. The van der Waals surface area contributed by atoms with E-state index in [2.05, 4.69) is 21.4 Å². The minimum atomic E-state index is -0.668. The van der Waals surface area contributed by atoms with Gasteiger partial charge < -0.3 is 10.2 Å². The van der Waals surface area contributed by atoms with Crippen molar-refractivity contribution in [2.75, 3.05) is 31.1 Å². The lowest BCUT2D eigenvalue weighted by Gasteiger charge is -2.29. The van der Waals surface area contributed by atoms with E-state index in [-0.39, 0.29) is 0 Å². The molecule has 2 aromatic heterocycles. The Morgan fingerprint density at radius 3 is 2.49 bits per heavy atom. The van der Waals surface area contributed by atoms with Crippen molar-refractivity contribution in [1.29, 1.82) is 5.26 Å². The number of nitrogens with zero attached hydrogens (tertiary/aromatic N) is 6. The normalized spacial score (nSPS) is 13.5. The number of rotatable bonds is 5. The minimum Gasteiger partial charge on any atom is -0.366 e. The van der Waals surface area contributed by atoms with E-state index in [0.717, 1.165) is 36.4 Å². The summed E-state index contributed by atoms with van der Waals surface area (Å²) in [6, 6.07) is 15.7. The molecule has 0 spiro atoms. The van der Waals surface area contributed by atoms with Gasteiger partial charge in [-0.2, -0.15) is 10.4 Å². The fourth-order valence-corrected chi connectivity index (χ4v) is 4.75. The summed E-state index contributed by atoms with van der Waals surface area (Å²) in [5.41, 5.74) is 3.20. The second-order valence-corrected chi connectivity index (χ2v) is 8.93. The van der Waals surface area contributed by atoms with Crippen molar-refractivity contribution in [2.24, 2.45) is 7.05 Å². The molecule has 4 aromatic rings. The third-order valence-corrected chi connectivity index (χ3v) is 6.70. The molecule has 5 rings (SSSR count). The van der Waals surface area contributed by atoms with Gasteiger partial charge >= 0.3 is 5.69 Å². The van der Waals surface area contributed by atoms with E-state index < -0.39 is 17.9 Å². The van der Waals surface area contributed by atoms with Crippen LogP contribution in [0.25, 0.3) is 22.6 Å². The summed E-state index contributed by atoms with van der Waals surface area (Å²) in [5, 5.41) is 17.2. The van der Waals surface area contributed by atoms with Crippen LogP contribution in [0.3, 0.4) is 0 Å². The van der Waals surface area contributed by atoms with E-state index in [9.17, 15) is 19.2 Å². The highest BCUT2D eigenvalue weighted by Crippen LogP contribution is 2.33. The maximum absolute atomic E-state index is 13.7. The molecule has 0 atom stereocenters. The highest BCUT2D eigenvalue weighted by atomic mass is 19.1. The Balaban J connectivity index is 1.82.